The van der Waals surface area contributed by atoms with E-state index >= 15 is 0 Å². The van der Waals surface area contributed by atoms with Crippen LogP contribution in [0.5, 0.6) is 0 Å². The molecule has 3 aromatic heterocycles. The summed E-state index contributed by atoms with van der Waals surface area (Å²) in [6.45, 7) is 1.50. The van der Waals surface area contributed by atoms with E-state index < -0.39 is 0 Å². The van der Waals surface area contributed by atoms with Crippen LogP contribution in [0.3, 0.4) is 0 Å². The maximum atomic E-state index is 12.8. The third kappa shape index (κ3) is 3.61. The van der Waals surface area contributed by atoms with Crippen LogP contribution in [0, 0.1) is 0 Å². The van der Waals surface area contributed by atoms with Crippen LogP contribution >= 0.6 is 0 Å². The van der Waals surface area contributed by atoms with Crippen molar-refractivity contribution < 1.29 is 9.53 Å². The van der Waals surface area contributed by atoms with Crippen LogP contribution in [0.2, 0.25) is 0 Å². The molecule has 5 rings (SSSR count). The van der Waals surface area contributed by atoms with Crippen molar-refractivity contribution in [1.29, 1.82) is 0 Å². The van der Waals surface area contributed by atoms with Gasteiger partial charge >= 0.3 is 0 Å². The summed E-state index contributed by atoms with van der Waals surface area (Å²) in [4.78, 5) is 30.2. The second-order valence-electron chi connectivity index (χ2n) is 7.60. The first-order chi connectivity index (χ1) is 14.7. The topological polar surface area (TPSA) is 87.7 Å². The van der Waals surface area contributed by atoms with Crippen LogP contribution in [0.4, 0.5) is 0 Å². The maximum absolute atomic E-state index is 12.8. The lowest BCUT2D eigenvalue weighted by molar-refractivity contribution is 0.0695. The number of fused-ring (bicyclic) bond motifs is 1. The molecular formula is C22H22N6O2. The maximum Gasteiger partial charge on any atom is 0.190 e. The molecule has 4 heterocycles. The Morgan fingerprint density at radius 3 is 2.83 bits per heavy atom. The molecule has 0 saturated carbocycles. The molecule has 8 heteroatoms. The zero-order valence-electron chi connectivity index (χ0n) is 16.7. The van der Waals surface area contributed by atoms with Gasteiger partial charge in [-0.2, -0.15) is 0 Å². The number of Topliss-reactive ketones (excluding diaryl/α,β-unsaturated/α-hetero) is 1. The number of hydrogen-bond acceptors (Lipinski definition) is 6. The summed E-state index contributed by atoms with van der Waals surface area (Å²) in [5, 5.41) is 0.931. The monoisotopic (exact) mass is 402 g/mol. The Morgan fingerprint density at radius 1 is 1.17 bits per heavy atom. The minimum Gasteiger partial charge on any atom is -0.381 e. The third-order valence-corrected chi connectivity index (χ3v) is 5.56. The van der Waals surface area contributed by atoms with Gasteiger partial charge in [0.05, 0.1) is 36.5 Å². The fraction of sp³-hybridized carbons (Fsp3) is 0.318. The summed E-state index contributed by atoms with van der Waals surface area (Å²) in [5.74, 6) is 0.415. The Hall–Kier alpha value is -3.39. The van der Waals surface area contributed by atoms with Crippen LogP contribution in [0.25, 0.3) is 22.2 Å². The molecule has 0 atom stereocenters. The number of benzene rings is 1. The lowest BCUT2D eigenvalue weighted by Crippen LogP contribution is -2.18. The predicted octanol–water partition coefficient (Wildman–Crippen LogP) is 3.00. The number of rotatable bonds is 5. The van der Waals surface area contributed by atoms with Crippen molar-refractivity contribution in [2.75, 3.05) is 13.2 Å². The van der Waals surface area contributed by atoms with E-state index in [0.29, 0.717) is 17.6 Å². The van der Waals surface area contributed by atoms with Gasteiger partial charge in [0.15, 0.2) is 5.78 Å². The fourth-order valence-corrected chi connectivity index (χ4v) is 3.84. The van der Waals surface area contributed by atoms with Crippen LogP contribution < -0.4 is 0 Å². The Balaban J connectivity index is 1.36. The van der Waals surface area contributed by atoms with Gasteiger partial charge in [0, 0.05) is 49.6 Å². The molecule has 0 bridgehead atoms. The molecule has 0 aliphatic carbocycles. The highest BCUT2D eigenvalue weighted by molar-refractivity contribution is 5.95. The first kappa shape index (κ1) is 18.6. The van der Waals surface area contributed by atoms with E-state index in [-0.39, 0.29) is 12.2 Å². The van der Waals surface area contributed by atoms with Crippen LogP contribution in [0.1, 0.15) is 35.2 Å². The SMILES string of the molecule is Cn1cncc1-c1ccc2cnc(CC(=O)c3cn(C4CCOCC4)cn3)nc2c1. The molecule has 1 saturated heterocycles. The molecule has 1 aromatic carbocycles. The zero-order chi connectivity index (χ0) is 20.5. The molecular weight excluding hydrogens is 380 g/mol. The van der Waals surface area contributed by atoms with E-state index in [1.807, 2.05) is 46.8 Å². The second kappa shape index (κ2) is 7.79. The number of ketones is 1. The number of carbonyl (C=O) groups is 1. The molecule has 0 spiro atoms. The number of carbonyl (C=O) groups excluding carboxylic acids is 1. The van der Waals surface area contributed by atoms with E-state index in [1.165, 1.54) is 0 Å². The van der Waals surface area contributed by atoms with Gasteiger partial charge in [-0.1, -0.05) is 12.1 Å². The molecule has 0 radical (unpaired) electrons. The van der Waals surface area contributed by atoms with Gasteiger partial charge in [-0.15, -0.1) is 0 Å². The summed E-state index contributed by atoms with van der Waals surface area (Å²) in [5.41, 5.74) is 3.29. The average molecular weight is 402 g/mol. The van der Waals surface area contributed by atoms with Crippen molar-refractivity contribution >= 4 is 16.7 Å². The van der Waals surface area contributed by atoms with E-state index in [0.717, 1.165) is 48.2 Å². The molecule has 1 fully saturated rings. The normalized spacial score (nSPS) is 15.0. The van der Waals surface area contributed by atoms with E-state index in [4.69, 9.17) is 4.74 Å². The van der Waals surface area contributed by atoms with Crippen molar-refractivity contribution in [3.8, 4) is 11.3 Å². The third-order valence-electron chi connectivity index (χ3n) is 5.56. The Morgan fingerprint density at radius 2 is 2.03 bits per heavy atom. The molecule has 152 valence electrons. The standard InChI is InChI=1S/C22H22N6O2/c1-27-13-23-11-20(27)15-2-3-16-10-24-22(26-18(16)8-15)9-21(29)19-12-28(14-25-19)17-4-6-30-7-5-17/h2-3,8,10-14,17H,4-7,9H2,1H3. The van der Waals surface area contributed by atoms with Crippen molar-refractivity contribution in [2.45, 2.75) is 25.3 Å². The highest BCUT2D eigenvalue weighted by Crippen LogP contribution is 2.23. The first-order valence-electron chi connectivity index (χ1n) is 10.0. The highest BCUT2D eigenvalue weighted by Gasteiger charge is 2.18. The Labute approximate surface area is 173 Å². The predicted molar refractivity (Wildman–Crippen MR) is 111 cm³/mol. The molecule has 1 aliphatic heterocycles. The number of ether oxygens (including phenoxy) is 1. The molecule has 1 aliphatic rings. The number of hydrogen-bond donors (Lipinski definition) is 0. The van der Waals surface area contributed by atoms with Crippen molar-refractivity contribution in [3.05, 3.63) is 61.0 Å². The summed E-state index contributed by atoms with van der Waals surface area (Å²) >= 11 is 0. The largest absolute Gasteiger partial charge is 0.381 e. The second-order valence-corrected chi connectivity index (χ2v) is 7.60. The summed E-state index contributed by atoms with van der Waals surface area (Å²) in [7, 11) is 1.95. The van der Waals surface area contributed by atoms with Gasteiger partial charge in [0.25, 0.3) is 0 Å². The van der Waals surface area contributed by atoms with Crippen molar-refractivity contribution in [1.82, 2.24) is 29.1 Å². The lowest BCUT2D eigenvalue weighted by atomic mass is 10.1. The minimum atomic E-state index is -0.0806. The van der Waals surface area contributed by atoms with Crippen molar-refractivity contribution in [2.24, 2.45) is 7.05 Å². The minimum absolute atomic E-state index is 0.0806. The van der Waals surface area contributed by atoms with Crippen LogP contribution in [0.15, 0.2) is 49.4 Å². The molecule has 8 nitrogen and oxygen atoms in total. The van der Waals surface area contributed by atoms with Gasteiger partial charge in [-0.25, -0.2) is 19.9 Å². The Kier molecular flexibility index (Phi) is 4.84. The quantitative estimate of drug-likeness (QED) is 0.477. The van der Waals surface area contributed by atoms with Crippen molar-refractivity contribution in [3.63, 3.8) is 0 Å². The average Bonchev–Trinajstić information content (AvgIpc) is 3.43. The lowest BCUT2D eigenvalue weighted by Gasteiger charge is -2.22. The van der Waals surface area contributed by atoms with E-state index in [1.54, 1.807) is 18.9 Å². The number of aromatic nitrogens is 6. The van der Waals surface area contributed by atoms with E-state index in [2.05, 4.69) is 19.9 Å². The number of aryl methyl sites for hydroxylation is 1. The molecule has 0 amide bonds. The molecule has 4 aromatic rings. The number of nitrogens with zero attached hydrogens (tertiary/aromatic N) is 6. The molecule has 0 unspecified atom stereocenters. The van der Waals surface area contributed by atoms with Gasteiger partial charge in [-0.05, 0) is 18.9 Å². The zero-order valence-corrected chi connectivity index (χ0v) is 16.7. The summed E-state index contributed by atoms with van der Waals surface area (Å²) < 4.78 is 9.39. The van der Waals surface area contributed by atoms with E-state index in [9.17, 15) is 4.79 Å². The van der Waals surface area contributed by atoms with Crippen LogP contribution in [-0.2, 0) is 18.2 Å². The molecule has 30 heavy (non-hydrogen) atoms. The van der Waals surface area contributed by atoms with Gasteiger partial charge in [0.1, 0.15) is 11.5 Å². The smallest absolute Gasteiger partial charge is 0.190 e. The van der Waals surface area contributed by atoms with Gasteiger partial charge in [-0.3, -0.25) is 4.79 Å². The fourth-order valence-electron chi connectivity index (χ4n) is 3.84. The number of imidazole rings is 2. The van der Waals surface area contributed by atoms with Crippen LogP contribution in [-0.4, -0.2) is 48.1 Å². The molecule has 0 N–H and O–H groups in total. The Bertz CT molecular complexity index is 1210. The van der Waals surface area contributed by atoms with Gasteiger partial charge in [0.2, 0.25) is 0 Å². The summed E-state index contributed by atoms with van der Waals surface area (Å²) in [6.07, 6.45) is 10.9. The summed E-state index contributed by atoms with van der Waals surface area (Å²) in [6, 6.07) is 6.35. The highest BCUT2D eigenvalue weighted by atomic mass is 16.5. The van der Waals surface area contributed by atoms with Gasteiger partial charge < -0.3 is 13.9 Å². The first-order valence-corrected chi connectivity index (χ1v) is 10.0.